The molecule has 1 fully saturated rings. The van der Waals surface area contributed by atoms with Gasteiger partial charge in [-0.1, -0.05) is 44.7 Å². The number of ether oxygens (including phenoxy) is 1. The third-order valence-electron chi connectivity index (χ3n) is 6.82. The first-order valence-corrected chi connectivity index (χ1v) is 13.6. The molecule has 0 spiro atoms. The third kappa shape index (κ3) is 7.55. The van der Waals surface area contributed by atoms with Crippen molar-refractivity contribution in [3.63, 3.8) is 0 Å². The molecule has 0 bridgehead atoms. The first kappa shape index (κ1) is 27.6. The molecule has 0 aliphatic heterocycles. The minimum atomic E-state index is -0.466. The largest absolute Gasteiger partial charge is 0.449 e. The Hall–Kier alpha value is -3.43. The minimum absolute atomic E-state index is 0.115. The second-order valence-electron chi connectivity index (χ2n) is 9.51. The molecule has 38 heavy (non-hydrogen) atoms. The van der Waals surface area contributed by atoms with Gasteiger partial charge in [-0.05, 0) is 68.2 Å². The van der Waals surface area contributed by atoms with Crippen molar-refractivity contribution in [1.82, 2.24) is 14.9 Å². The molecule has 2 aromatic carbocycles. The lowest BCUT2D eigenvalue weighted by Gasteiger charge is -2.21. The van der Waals surface area contributed by atoms with Crippen molar-refractivity contribution >= 4 is 57.4 Å². The molecule has 0 radical (unpaired) electrons. The van der Waals surface area contributed by atoms with Crippen LogP contribution < -0.4 is 16.0 Å². The summed E-state index contributed by atoms with van der Waals surface area (Å²) in [6.45, 7) is 6.38. The van der Waals surface area contributed by atoms with Gasteiger partial charge in [0.05, 0.1) is 29.4 Å². The molecule has 1 aliphatic carbocycles. The van der Waals surface area contributed by atoms with E-state index in [0.29, 0.717) is 47.0 Å². The lowest BCUT2D eigenvalue weighted by Crippen LogP contribution is -2.32. The fourth-order valence-electron chi connectivity index (χ4n) is 4.61. The van der Waals surface area contributed by atoms with Crippen LogP contribution in [0, 0.1) is 5.92 Å². The number of nitrogens with zero attached hydrogens (tertiary/aromatic N) is 3. The van der Waals surface area contributed by atoms with E-state index >= 15 is 0 Å². The Morgan fingerprint density at radius 2 is 1.76 bits per heavy atom. The summed E-state index contributed by atoms with van der Waals surface area (Å²) >= 11 is 6.47. The van der Waals surface area contributed by atoms with Crippen molar-refractivity contribution in [2.45, 2.75) is 46.0 Å². The van der Waals surface area contributed by atoms with Gasteiger partial charge in [-0.3, -0.25) is 15.0 Å². The van der Waals surface area contributed by atoms with Crippen LogP contribution in [0.25, 0.3) is 10.9 Å². The summed E-state index contributed by atoms with van der Waals surface area (Å²) in [6, 6.07) is 10.7. The third-order valence-corrected chi connectivity index (χ3v) is 7.14. The fraction of sp³-hybridized carbons (Fsp3) is 0.429. The molecule has 9 nitrogen and oxygen atoms in total. The Kier molecular flexibility index (Phi) is 9.73. The van der Waals surface area contributed by atoms with E-state index in [0.717, 1.165) is 36.8 Å². The van der Waals surface area contributed by atoms with Crippen molar-refractivity contribution in [3.05, 3.63) is 47.7 Å². The number of anilines is 4. The first-order valence-electron chi connectivity index (χ1n) is 13.2. The van der Waals surface area contributed by atoms with E-state index in [9.17, 15) is 9.59 Å². The Bertz CT molecular complexity index is 1260. The average Bonchev–Trinajstić information content (AvgIpc) is 2.93. The molecular weight excluding hydrogens is 504 g/mol. The number of rotatable bonds is 10. The molecule has 1 saturated carbocycles. The molecule has 1 heterocycles. The standard InChI is InChI=1S/C28H35ClN6O3/c1-3-35(4-2)16-26(36)34-25-13-11-21(15-23(25)29)32-27-22-14-20(10-12-24(22)30-18-31-27)33-28(37)38-17-19-8-6-5-7-9-19/h10-15,18-19H,3-9,16-17H2,1-2H3,(H,33,37)(H,34,36)(H,30,31,32). The van der Waals surface area contributed by atoms with Gasteiger partial charge < -0.3 is 15.4 Å². The highest BCUT2D eigenvalue weighted by atomic mass is 35.5. The summed E-state index contributed by atoms with van der Waals surface area (Å²) in [6.07, 6.45) is 6.91. The lowest BCUT2D eigenvalue weighted by molar-refractivity contribution is -0.117. The Balaban J connectivity index is 1.42. The topological polar surface area (TPSA) is 108 Å². The zero-order chi connectivity index (χ0) is 26.9. The van der Waals surface area contributed by atoms with Crippen LogP contribution in [0.4, 0.5) is 27.7 Å². The van der Waals surface area contributed by atoms with E-state index in [2.05, 4.69) is 25.9 Å². The monoisotopic (exact) mass is 538 g/mol. The second-order valence-corrected chi connectivity index (χ2v) is 9.92. The van der Waals surface area contributed by atoms with Crippen molar-refractivity contribution < 1.29 is 14.3 Å². The molecule has 3 aromatic rings. The van der Waals surface area contributed by atoms with Crippen LogP contribution in [-0.2, 0) is 9.53 Å². The molecule has 1 aromatic heterocycles. The number of halogens is 1. The number of nitrogens with one attached hydrogen (secondary N) is 3. The summed E-state index contributed by atoms with van der Waals surface area (Å²) < 4.78 is 5.46. The summed E-state index contributed by atoms with van der Waals surface area (Å²) in [7, 11) is 0. The SMILES string of the molecule is CCN(CC)CC(=O)Nc1ccc(Nc2ncnc3ccc(NC(=O)OCC4CCCCC4)cc23)cc1Cl. The Morgan fingerprint density at radius 3 is 2.50 bits per heavy atom. The van der Waals surface area contributed by atoms with Crippen LogP contribution >= 0.6 is 11.6 Å². The van der Waals surface area contributed by atoms with E-state index in [-0.39, 0.29) is 5.91 Å². The van der Waals surface area contributed by atoms with Crippen LogP contribution in [0.2, 0.25) is 5.02 Å². The number of aromatic nitrogens is 2. The van der Waals surface area contributed by atoms with Gasteiger partial charge in [0.1, 0.15) is 12.1 Å². The van der Waals surface area contributed by atoms with Gasteiger partial charge >= 0.3 is 6.09 Å². The molecule has 1 aliphatic rings. The van der Waals surface area contributed by atoms with Crippen molar-refractivity contribution in [1.29, 1.82) is 0 Å². The molecule has 4 rings (SSSR count). The zero-order valence-corrected chi connectivity index (χ0v) is 22.7. The van der Waals surface area contributed by atoms with E-state index in [4.69, 9.17) is 16.3 Å². The molecule has 3 N–H and O–H groups in total. The summed E-state index contributed by atoms with van der Waals surface area (Å²) in [4.78, 5) is 35.5. The van der Waals surface area contributed by atoms with Gasteiger partial charge in [0.25, 0.3) is 0 Å². The Morgan fingerprint density at radius 1 is 1.00 bits per heavy atom. The van der Waals surface area contributed by atoms with Crippen LogP contribution in [-0.4, -0.2) is 53.1 Å². The number of hydrogen-bond acceptors (Lipinski definition) is 7. The van der Waals surface area contributed by atoms with Crippen molar-refractivity contribution in [3.8, 4) is 0 Å². The van der Waals surface area contributed by atoms with Gasteiger partial charge in [0, 0.05) is 16.8 Å². The molecule has 0 saturated heterocycles. The second kappa shape index (κ2) is 13.4. The highest BCUT2D eigenvalue weighted by Crippen LogP contribution is 2.30. The molecule has 202 valence electrons. The maximum absolute atomic E-state index is 12.4. The lowest BCUT2D eigenvalue weighted by atomic mass is 9.90. The number of likely N-dealkylation sites (N-methyl/N-ethyl adjacent to an activating group) is 1. The molecule has 0 atom stereocenters. The van der Waals surface area contributed by atoms with Gasteiger partial charge in [-0.2, -0.15) is 0 Å². The van der Waals surface area contributed by atoms with Crippen molar-refractivity contribution in [2.24, 2.45) is 5.92 Å². The summed E-state index contributed by atoms with van der Waals surface area (Å²) in [5.74, 6) is 0.892. The normalized spacial score (nSPS) is 13.9. The predicted octanol–water partition coefficient (Wildman–Crippen LogP) is 6.44. The summed E-state index contributed by atoms with van der Waals surface area (Å²) in [5.41, 5.74) is 2.55. The maximum atomic E-state index is 12.4. The summed E-state index contributed by atoms with van der Waals surface area (Å²) in [5, 5.41) is 10.1. The number of fused-ring (bicyclic) bond motifs is 1. The van der Waals surface area contributed by atoms with Gasteiger partial charge in [-0.25, -0.2) is 14.8 Å². The molecule has 0 unspecified atom stereocenters. The molecule has 2 amide bonds. The Labute approximate surface area is 228 Å². The van der Waals surface area contributed by atoms with E-state index < -0.39 is 6.09 Å². The average molecular weight is 539 g/mol. The predicted molar refractivity (Wildman–Crippen MR) is 152 cm³/mol. The number of hydrogen-bond donors (Lipinski definition) is 3. The number of benzene rings is 2. The number of amides is 2. The van der Waals surface area contributed by atoms with Crippen LogP contribution in [0.1, 0.15) is 46.0 Å². The van der Waals surface area contributed by atoms with Gasteiger partial charge in [-0.15, -0.1) is 0 Å². The van der Waals surface area contributed by atoms with Crippen LogP contribution in [0.15, 0.2) is 42.7 Å². The maximum Gasteiger partial charge on any atom is 0.411 e. The fourth-order valence-corrected chi connectivity index (χ4v) is 4.83. The van der Waals surface area contributed by atoms with E-state index in [1.165, 1.54) is 25.6 Å². The van der Waals surface area contributed by atoms with Gasteiger partial charge in [0.15, 0.2) is 0 Å². The van der Waals surface area contributed by atoms with E-state index in [1.807, 2.05) is 36.9 Å². The molecular formula is C28H35ClN6O3. The zero-order valence-electron chi connectivity index (χ0n) is 21.9. The van der Waals surface area contributed by atoms with E-state index in [1.54, 1.807) is 18.2 Å². The first-order chi connectivity index (χ1) is 18.4. The smallest absolute Gasteiger partial charge is 0.411 e. The van der Waals surface area contributed by atoms with Gasteiger partial charge in [0.2, 0.25) is 5.91 Å². The number of carbonyl (C=O) groups is 2. The van der Waals surface area contributed by atoms with Crippen molar-refractivity contribution in [2.75, 3.05) is 42.2 Å². The highest BCUT2D eigenvalue weighted by Gasteiger charge is 2.16. The minimum Gasteiger partial charge on any atom is -0.449 e. The quantitative estimate of drug-likeness (QED) is 0.272. The highest BCUT2D eigenvalue weighted by molar-refractivity contribution is 6.34. The number of carbonyl (C=O) groups excluding carboxylic acids is 2. The molecule has 10 heteroatoms. The van der Waals surface area contributed by atoms with Crippen LogP contribution in [0.5, 0.6) is 0 Å². The van der Waals surface area contributed by atoms with Crippen LogP contribution in [0.3, 0.4) is 0 Å².